The molecule has 6 rings (SSSR count). The lowest BCUT2D eigenvalue weighted by molar-refractivity contribution is -0.137. The van der Waals surface area contributed by atoms with Crippen LogP contribution in [0.1, 0.15) is 52.6 Å². The van der Waals surface area contributed by atoms with Crippen molar-refractivity contribution in [2.24, 2.45) is 0 Å². The largest absolute Gasteiger partial charge is 0.495 e. The average Bonchev–Trinajstić information content (AvgIpc) is 3.58. The summed E-state index contributed by atoms with van der Waals surface area (Å²) in [4.78, 5) is 57.9. The molecule has 0 aliphatic carbocycles. The predicted molar refractivity (Wildman–Crippen MR) is 181 cm³/mol. The number of benzene rings is 3. The molecule has 45 heavy (non-hydrogen) atoms. The van der Waals surface area contributed by atoms with Crippen LogP contribution in [0.5, 0.6) is 5.75 Å². The monoisotopic (exact) mass is 656 g/mol. The van der Waals surface area contributed by atoms with E-state index in [4.69, 9.17) is 21.7 Å². The second-order valence-electron chi connectivity index (χ2n) is 10.8. The number of amides is 3. The number of nitrogens with zero attached hydrogens (tertiary/aromatic N) is 2. The van der Waals surface area contributed by atoms with E-state index in [2.05, 4.69) is 0 Å². The minimum Gasteiger partial charge on any atom is -0.495 e. The minimum absolute atomic E-state index is 0.233. The number of thiocarbonyl (C=S) groups is 1. The van der Waals surface area contributed by atoms with Crippen LogP contribution in [0.4, 0.5) is 5.69 Å². The summed E-state index contributed by atoms with van der Waals surface area (Å²) in [6.45, 7) is 5.18. The molecule has 8 nitrogen and oxygen atoms in total. The van der Waals surface area contributed by atoms with Crippen LogP contribution in [-0.2, 0) is 14.3 Å². The summed E-state index contributed by atoms with van der Waals surface area (Å²) in [5.41, 5.74) is 2.13. The van der Waals surface area contributed by atoms with E-state index in [9.17, 15) is 19.2 Å². The maximum Gasteiger partial charge on any atom is 0.346 e. The van der Waals surface area contributed by atoms with Gasteiger partial charge in [-0.1, -0.05) is 90.3 Å². The van der Waals surface area contributed by atoms with Gasteiger partial charge in [-0.2, -0.15) is 0 Å². The number of carbonyl (C=O) groups is 4. The Kier molecular flexibility index (Phi) is 8.19. The van der Waals surface area contributed by atoms with Gasteiger partial charge in [0.05, 0.1) is 45.2 Å². The van der Waals surface area contributed by atoms with Gasteiger partial charge in [-0.15, -0.1) is 0 Å². The second-order valence-corrected chi connectivity index (χ2v) is 13.5. The third-order valence-electron chi connectivity index (χ3n) is 7.77. The van der Waals surface area contributed by atoms with Crippen molar-refractivity contribution in [2.75, 3.05) is 25.2 Å². The Hall–Kier alpha value is -4.19. The van der Waals surface area contributed by atoms with Gasteiger partial charge in [-0.05, 0) is 44.5 Å². The molecular weight excluding hydrogens is 629 g/mol. The van der Waals surface area contributed by atoms with Crippen LogP contribution in [0.25, 0.3) is 10.5 Å². The van der Waals surface area contributed by atoms with E-state index in [-0.39, 0.29) is 17.7 Å². The first-order valence-corrected chi connectivity index (χ1v) is 16.2. The molecule has 11 heteroatoms. The summed E-state index contributed by atoms with van der Waals surface area (Å²) in [7, 11) is 1.52. The summed E-state index contributed by atoms with van der Waals surface area (Å²) >= 11 is 8.88. The van der Waals surface area contributed by atoms with E-state index in [0.29, 0.717) is 32.3 Å². The zero-order valence-corrected chi connectivity index (χ0v) is 27.4. The number of carbonyl (C=O) groups excluding carboxylic acids is 4. The van der Waals surface area contributed by atoms with E-state index in [1.807, 2.05) is 56.3 Å². The number of para-hydroxylation sites is 1. The highest BCUT2D eigenvalue weighted by Crippen LogP contribution is 2.59. The van der Waals surface area contributed by atoms with Crippen LogP contribution in [-0.4, -0.2) is 59.3 Å². The Morgan fingerprint density at radius 2 is 1.49 bits per heavy atom. The standard InChI is InChI=1S/C34H28N2O6S3/c1-5-42-32(40)28-27(19-12-7-6-8-13-19)44-33(45-28)25-22-16-11-17-23(41-4)26(22)36(34(2,3)29(25)43)24(37)18-35-30(38)20-14-9-10-15-21(20)31(35)39/h6-17H,5,18H2,1-4H3. The van der Waals surface area contributed by atoms with E-state index in [0.717, 1.165) is 19.6 Å². The van der Waals surface area contributed by atoms with Crippen LogP contribution < -0.4 is 9.64 Å². The summed E-state index contributed by atoms with van der Waals surface area (Å²) in [6.07, 6.45) is 0. The number of hydrogen-bond donors (Lipinski definition) is 0. The molecule has 228 valence electrons. The van der Waals surface area contributed by atoms with E-state index in [1.54, 1.807) is 37.3 Å². The van der Waals surface area contributed by atoms with Crippen LogP contribution >= 0.6 is 35.7 Å². The third-order valence-corrected chi connectivity index (χ3v) is 11.1. The van der Waals surface area contributed by atoms with Crippen LogP contribution in [0.15, 0.2) is 81.9 Å². The van der Waals surface area contributed by atoms with Gasteiger partial charge in [-0.3, -0.25) is 24.2 Å². The van der Waals surface area contributed by atoms with Crippen molar-refractivity contribution in [3.8, 4) is 5.75 Å². The average molecular weight is 657 g/mol. The van der Waals surface area contributed by atoms with Crippen molar-refractivity contribution < 1.29 is 28.7 Å². The molecule has 0 unspecified atom stereocenters. The predicted octanol–water partition coefficient (Wildman–Crippen LogP) is 6.57. The molecular formula is C34H28N2O6S3. The molecule has 0 spiro atoms. The molecule has 3 heterocycles. The molecule has 0 radical (unpaired) electrons. The fourth-order valence-electron chi connectivity index (χ4n) is 5.67. The molecule has 0 atom stereocenters. The number of thioether (sulfide) groups is 2. The Morgan fingerprint density at radius 3 is 2.11 bits per heavy atom. The molecule has 0 saturated heterocycles. The number of hydrogen-bond acceptors (Lipinski definition) is 9. The Morgan fingerprint density at radius 1 is 0.867 bits per heavy atom. The fourth-order valence-corrected chi connectivity index (χ4v) is 8.80. The summed E-state index contributed by atoms with van der Waals surface area (Å²) in [6, 6.07) is 21.6. The van der Waals surface area contributed by atoms with Crippen LogP contribution in [0.3, 0.4) is 0 Å². The Labute approximate surface area is 274 Å². The highest BCUT2D eigenvalue weighted by atomic mass is 32.2. The van der Waals surface area contributed by atoms with Crippen LogP contribution in [0, 0.1) is 0 Å². The van der Waals surface area contributed by atoms with Crippen molar-refractivity contribution in [3.05, 3.63) is 104 Å². The zero-order chi connectivity index (χ0) is 32.0. The van der Waals surface area contributed by atoms with Gasteiger partial charge in [0.1, 0.15) is 17.2 Å². The molecule has 3 aromatic carbocycles. The van der Waals surface area contributed by atoms with Crippen molar-refractivity contribution in [1.29, 1.82) is 0 Å². The normalized spacial score (nSPS) is 18.7. The lowest BCUT2D eigenvalue weighted by atomic mass is 9.83. The molecule has 3 aromatic rings. The first-order valence-electron chi connectivity index (χ1n) is 14.2. The van der Waals surface area contributed by atoms with Gasteiger partial charge in [0, 0.05) is 16.0 Å². The first kappa shape index (κ1) is 30.8. The zero-order valence-electron chi connectivity index (χ0n) is 24.9. The lowest BCUT2D eigenvalue weighted by Crippen LogP contribution is -2.58. The molecule has 3 aliphatic rings. The number of esters is 1. The smallest absolute Gasteiger partial charge is 0.346 e. The Bertz CT molecular complexity index is 1830. The number of ether oxygens (including phenoxy) is 2. The minimum atomic E-state index is -1.09. The molecule has 0 bridgehead atoms. The molecule has 3 amide bonds. The highest BCUT2D eigenvalue weighted by molar-refractivity contribution is 8.32. The molecule has 3 aliphatic heterocycles. The van der Waals surface area contributed by atoms with E-state index >= 15 is 0 Å². The SMILES string of the molecule is CCOC(=O)C1=C(c2ccccc2)SC(=C2C(=S)C(C)(C)N(C(=O)CN3C(=O)c4ccccc4C3=O)c3c(OC)cccc32)S1. The molecule has 0 aromatic heterocycles. The van der Waals surface area contributed by atoms with E-state index in [1.165, 1.54) is 35.5 Å². The van der Waals surface area contributed by atoms with Gasteiger partial charge < -0.3 is 9.47 Å². The topological polar surface area (TPSA) is 93.2 Å². The van der Waals surface area contributed by atoms with Crippen molar-refractivity contribution in [1.82, 2.24) is 4.90 Å². The van der Waals surface area contributed by atoms with Crippen molar-refractivity contribution in [3.63, 3.8) is 0 Å². The van der Waals surface area contributed by atoms with Gasteiger partial charge in [0.2, 0.25) is 5.91 Å². The van der Waals surface area contributed by atoms with Crippen LogP contribution in [0.2, 0.25) is 0 Å². The molecule has 0 fully saturated rings. The van der Waals surface area contributed by atoms with Gasteiger partial charge in [-0.25, -0.2) is 4.79 Å². The number of imide groups is 1. The first-order chi connectivity index (χ1) is 21.6. The number of fused-ring (bicyclic) bond motifs is 2. The maximum atomic E-state index is 14.2. The summed E-state index contributed by atoms with van der Waals surface area (Å²) < 4.78 is 12.0. The maximum absolute atomic E-state index is 14.2. The fraction of sp³-hybridized carbons (Fsp3) is 0.206. The van der Waals surface area contributed by atoms with E-state index < -0.39 is 35.8 Å². The van der Waals surface area contributed by atoms with Gasteiger partial charge in [0.25, 0.3) is 11.8 Å². The second kappa shape index (κ2) is 12.0. The number of anilines is 1. The lowest BCUT2D eigenvalue weighted by Gasteiger charge is -2.46. The van der Waals surface area contributed by atoms with Gasteiger partial charge >= 0.3 is 5.97 Å². The van der Waals surface area contributed by atoms with Gasteiger partial charge in [0.15, 0.2) is 0 Å². The summed E-state index contributed by atoms with van der Waals surface area (Å²) in [5, 5.41) is 0. The number of rotatable bonds is 6. The quantitative estimate of drug-likeness (QED) is 0.126. The van der Waals surface area contributed by atoms with Crippen molar-refractivity contribution >= 4 is 80.5 Å². The highest BCUT2D eigenvalue weighted by Gasteiger charge is 2.48. The Balaban J connectivity index is 1.45. The summed E-state index contributed by atoms with van der Waals surface area (Å²) in [5.74, 6) is -1.53. The number of methoxy groups -OCH3 is 1. The van der Waals surface area contributed by atoms with Crippen molar-refractivity contribution in [2.45, 2.75) is 26.3 Å². The molecule has 0 N–H and O–H groups in total. The third kappa shape index (κ3) is 5.08. The molecule has 0 saturated carbocycles.